The second-order valence-corrected chi connectivity index (χ2v) is 7.56. The third-order valence-electron chi connectivity index (χ3n) is 4.83. The molecule has 0 spiro atoms. The molecule has 0 bridgehead atoms. The van der Waals surface area contributed by atoms with E-state index < -0.39 is 0 Å². The van der Waals surface area contributed by atoms with Crippen LogP contribution in [0.1, 0.15) is 23.7 Å². The molecule has 1 heterocycles. The summed E-state index contributed by atoms with van der Waals surface area (Å²) in [6.07, 6.45) is -0.126. The molecule has 3 rings (SSSR count). The Kier molecular flexibility index (Phi) is 7.17. The van der Waals surface area contributed by atoms with Crippen molar-refractivity contribution >= 4 is 29.0 Å². The number of nitrogens with zero attached hydrogens (tertiary/aromatic N) is 2. The lowest BCUT2D eigenvalue weighted by atomic mass is 10.0. The molecule has 166 valence electrons. The number of nitrogens with two attached hydrogens (primary N) is 2. The lowest BCUT2D eigenvalue weighted by Gasteiger charge is -2.16. The van der Waals surface area contributed by atoms with Crippen LogP contribution >= 0.6 is 11.6 Å². The first kappa shape index (κ1) is 22.9. The predicted octanol–water partition coefficient (Wildman–Crippen LogP) is 2.69. The van der Waals surface area contributed by atoms with Crippen molar-refractivity contribution in [3.63, 3.8) is 0 Å². The summed E-state index contributed by atoms with van der Waals surface area (Å²) in [5.41, 5.74) is 15.1. The maximum absolute atomic E-state index is 12.8. The van der Waals surface area contributed by atoms with Crippen LogP contribution in [0.4, 0.5) is 5.69 Å². The average Bonchev–Trinajstić information content (AvgIpc) is 2.76. The van der Waals surface area contributed by atoms with Crippen molar-refractivity contribution in [2.75, 3.05) is 12.3 Å². The highest BCUT2D eigenvalue weighted by Crippen LogP contribution is 2.31. The van der Waals surface area contributed by atoms with Gasteiger partial charge in [0.15, 0.2) is 5.49 Å². The van der Waals surface area contributed by atoms with E-state index in [0.29, 0.717) is 39.6 Å². The smallest absolute Gasteiger partial charge is 0.226 e. The van der Waals surface area contributed by atoms with Crippen LogP contribution in [-0.4, -0.2) is 28.2 Å². The van der Waals surface area contributed by atoms with Gasteiger partial charge in [0.2, 0.25) is 5.91 Å². The Bertz CT molecular complexity index is 1220. The van der Waals surface area contributed by atoms with Crippen LogP contribution in [0, 0.1) is 5.41 Å². The largest absolute Gasteiger partial charge is 0.427 e. The SMILES string of the molecule is CCN=c1cc(Cl)c(-c2cccc(N)c2)c(CC(=O)NCc2ccc(C(=N)N)cc2)n1O. The van der Waals surface area contributed by atoms with Crippen molar-refractivity contribution in [3.8, 4) is 11.1 Å². The molecule has 0 unspecified atom stereocenters. The highest BCUT2D eigenvalue weighted by molar-refractivity contribution is 6.33. The number of rotatable bonds is 7. The van der Waals surface area contributed by atoms with Crippen molar-refractivity contribution in [2.24, 2.45) is 10.7 Å². The van der Waals surface area contributed by atoms with Gasteiger partial charge in [-0.05, 0) is 30.2 Å². The number of hydrogen-bond acceptors (Lipinski definition) is 5. The number of amides is 1. The molecule has 8 nitrogen and oxygen atoms in total. The summed E-state index contributed by atoms with van der Waals surface area (Å²) in [4.78, 5) is 17.0. The Morgan fingerprint density at radius 2 is 1.94 bits per heavy atom. The first-order valence-corrected chi connectivity index (χ1v) is 10.4. The third kappa shape index (κ3) is 5.28. The van der Waals surface area contributed by atoms with Gasteiger partial charge in [0.1, 0.15) is 5.84 Å². The van der Waals surface area contributed by atoms with Crippen LogP contribution in [0.3, 0.4) is 0 Å². The average molecular weight is 453 g/mol. The van der Waals surface area contributed by atoms with E-state index in [-0.39, 0.29) is 30.2 Å². The molecule has 3 aromatic rings. The summed E-state index contributed by atoms with van der Waals surface area (Å²) < 4.78 is 0.898. The molecule has 1 aromatic heterocycles. The van der Waals surface area contributed by atoms with Crippen LogP contribution in [0.5, 0.6) is 0 Å². The first-order chi connectivity index (χ1) is 15.3. The number of carbonyl (C=O) groups is 1. The Morgan fingerprint density at radius 1 is 1.22 bits per heavy atom. The molecule has 2 aromatic carbocycles. The van der Waals surface area contributed by atoms with Crippen molar-refractivity contribution in [2.45, 2.75) is 19.9 Å². The minimum Gasteiger partial charge on any atom is -0.427 e. The molecule has 1 amide bonds. The fourth-order valence-corrected chi connectivity index (χ4v) is 3.60. The van der Waals surface area contributed by atoms with Gasteiger partial charge >= 0.3 is 0 Å². The minimum absolute atomic E-state index is 0.0172. The standard InChI is InChI=1S/C23H25ClN6O2/c1-2-28-20-11-18(24)22(16-4-3-5-17(25)10-16)19(30(20)32)12-21(31)29-13-14-6-8-15(9-7-14)23(26)27/h3-11,32H,2,12-13,25H2,1H3,(H3,26,27)(H,29,31). The number of halogens is 1. The van der Waals surface area contributed by atoms with E-state index in [0.717, 1.165) is 10.3 Å². The zero-order valence-corrected chi connectivity index (χ0v) is 18.4. The lowest BCUT2D eigenvalue weighted by molar-refractivity contribution is -0.120. The second kappa shape index (κ2) is 10.0. The molecule has 0 saturated carbocycles. The predicted molar refractivity (Wildman–Crippen MR) is 126 cm³/mol. The van der Waals surface area contributed by atoms with E-state index in [1.807, 2.05) is 13.0 Å². The maximum atomic E-state index is 12.8. The van der Waals surface area contributed by atoms with Crippen molar-refractivity contribution in [3.05, 3.63) is 81.9 Å². The van der Waals surface area contributed by atoms with Crippen molar-refractivity contribution < 1.29 is 10.0 Å². The topological polar surface area (TPSA) is 143 Å². The van der Waals surface area contributed by atoms with E-state index in [1.54, 1.807) is 48.5 Å². The number of carbonyl (C=O) groups excluding carboxylic acids is 1. The molecule has 0 aliphatic rings. The molecule has 0 aliphatic carbocycles. The van der Waals surface area contributed by atoms with Gasteiger partial charge in [0, 0.05) is 36.0 Å². The number of nitrogen functional groups attached to an aromatic ring is 2. The molecular weight excluding hydrogens is 428 g/mol. The van der Waals surface area contributed by atoms with Crippen molar-refractivity contribution in [1.82, 2.24) is 10.0 Å². The van der Waals surface area contributed by atoms with E-state index in [9.17, 15) is 10.0 Å². The summed E-state index contributed by atoms with van der Waals surface area (Å²) in [5, 5.41) is 21.4. The van der Waals surface area contributed by atoms with E-state index in [4.69, 9.17) is 28.5 Å². The van der Waals surface area contributed by atoms with Gasteiger partial charge in [-0.25, -0.2) is 0 Å². The molecule has 0 fully saturated rings. The Hall–Kier alpha value is -3.78. The number of aromatic nitrogens is 1. The number of nitrogens with one attached hydrogen (secondary N) is 2. The molecule has 9 heteroatoms. The summed E-state index contributed by atoms with van der Waals surface area (Å²) in [6.45, 7) is 2.56. The molecule has 0 atom stereocenters. The molecule has 0 saturated heterocycles. The fourth-order valence-electron chi connectivity index (χ4n) is 3.28. The second-order valence-electron chi connectivity index (χ2n) is 7.15. The summed E-state index contributed by atoms with van der Waals surface area (Å²) in [7, 11) is 0. The van der Waals surface area contributed by atoms with Gasteiger partial charge in [0.05, 0.1) is 17.1 Å². The van der Waals surface area contributed by atoms with Gasteiger partial charge in [-0.15, -0.1) is 0 Å². The number of pyridine rings is 1. The Morgan fingerprint density at radius 3 is 2.56 bits per heavy atom. The Labute approximate surface area is 190 Å². The normalized spacial score (nSPS) is 11.4. The zero-order chi connectivity index (χ0) is 23.3. The van der Waals surface area contributed by atoms with Gasteiger partial charge in [0.25, 0.3) is 0 Å². The quantitative estimate of drug-likeness (QED) is 0.162. The van der Waals surface area contributed by atoms with Gasteiger partial charge < -0.3 is 22.0 Å². The van der Waals surface area contributed by atoms with Crippen LogP contribution in [-0.2, 0) is 17.8 Å². The van der Waals surface area contributed by atoms with Crippen LogP contribution < -0.4 is 22.3 Å². The van der Waals surface area contributed by atoms with Crippen LogP contribution in [0.15, 0.2) is 59.6 Å². The van der Waals surface area contributed by atoms with Crippen molar-refractivity contribution in [1.29, 1.82) is 5.41 Å². The first-order valence-electron chi connectivity index (χ1n) is 10.00. The lowest BCUT2D eigenvalue weighted by Crippen LogP contribution is -2.30. The number of hydrogen-bond donors (Lipinski definition) is 5. The van der Waals surface area contributed by atoms with Gasteiger partial charge in [-0.1, -0.05) is 48.0 Å². The molecule has 0 aliphatic heterocycles. The molecule has 0 radical (unpaired) electrons. The molecule has 7 N–H and O–H groups in total. The summed E-state index contributed by atoms with van der Waals surface area (Å²) >= 11 is 6.54. The van der Waals surface area contributed by atoms with E-state index >= 15 is 0 Å². The number of benzene rings is 2. The minimum atomic E-state index is -0.307. The third-order valence-corrected chi connectivity index (χ3v) is 5.13. The summed E-state index contributed by atoms with van der Waals surface area (Å²) in [6, 6.07) is 15.6. The number of amidine groups is 1. The maximum Gasteiger partial charge on any atom is 0.226 e. The van der Waals surface area contributed by atoms with E-state index in [1.165, 1.54) is 0 Å². The van der Waals surface area contributed by atoms with Gasteiger partial charge in [-0.2, -0.15) is 4.73 Å². The monoisotopic (exact) mass is 452 g/mol. The van der Waals surface area contributed by atoms with Crippen LogP contribution in [0.2, 0.25) is 5.02 Å². The highest BCUT2D eigenvalue weighted by Gasteiger charge is 2.19. The summed E-state index contributed by atoms with van der Waals surface area (Å²) in [5.74, 6) is -0.324. The Balaban J connectivity index is 1.90. The highest BCUT2D eigenvalue weighted by atomic mass is 35.5. The fraction of sp³-hybridized carbons (Fsp3) is 0.174. The van der Waals surface area contributed by atoms with E-state index in [2.05, 4.69) is 10.3 Å². The molecule has 32 heavy (non-hydrogen) atoms. The molecular formula is C23H25ClN6O2. The number of anilines is 1. The zero-order valence-electron chi connectivity index (χ0n) is 17.6. The van der Waals surface area contributed by atoms with Crippen LogP contribution in [0.25, 0.3) is 11.1 Å². The van der Waals surface area contributed by atoms with Gasteiger partial charge in [-0.3, -0.25) is 15.2 Å².